The molecule has 0 spiro atoms. The summed E-state index contributed by atoms with van der Waals surface area (Å²) in [6.45, 7) is 0. The zero-order valence-corrected chi connectivity index (χ0v) is 14.1. The van der Waals surface area contributed by atoms with Crippen LogP contribution in [0.2, 0.25) is 0 Å². The molecule has 1 aromatic carbocycles. The fourth-order valence-electron chi connectivity index (χ4n) is 4.20. The highest BCUT2D eigenvalue weighted by atomic mass is 79.9. The van der Waals surface area contributed by atoms with E-state index in [0.717, 1.165) is 15.9 Å². The Hall–Kier alpha value is -0.870. The van der Waals surface area contributed by atoms with E-state index in [4.69, 9.17) is 4.98 Å². The minimum Gasteiger partial charge on any atom is -0.330 e. The van der Waals surface area contributed by atoms with E-state index in [9.17, 15) is 0 Å². The predicted molar refractivity (Wildman–Crippen MR) is 89.3 cm³/mol. The summed E-state index contributed by atoms with van der Waals surface area (Å²) < 4.78 is 3.37. The molecule has 1 aromatic heterocycles. The zero-order valence-electron chi connectivity index (χ0n) is 12.5. The van der Waals surface area contributed by atoms with E-state index < -0.39 is 0 Å². The Morgan fingerprint density at radius 3 is 2.95 bits per heavy atom. The van der Waals surface area contributed by atoms with Crippen LogP contribution < -0.4 is 5.32 Å². The van der Waals surface area contributed by atoms with Gasteiger partial charge < -0.3 is 9.88 Å². The molecule has 0 amide bonds. The Balaban J connectivity index is 1.65. The number of imidazole rings is 1. The molecule has 2 fully saturated rings. The molecular weight excluding hydrogens is 326 g/mol. The number of hydrogen-bond donors (Lipinski definition) is 1. The van der Waals surface area contributed by atoms with Gasteiger partial charge in [0.15, 0.2) is 0 Å². The number of fused-ring (bicyclic) bond motifs is 2. The first-order chi connectivity index (χ1) is 10.2. The minimum atomic E-state index is 0.417. The molecular formula is C17H22BrN3. The summed E-state index contributed by atoms with van der Waals surface area (Å²) in [4.78, 5) is 4.90. The normalized spacial score (nSPS) is 29.5. The largest absolute Gasteiger partial charge is 0.330 e. The zero-order chi connectivity index (χ0) is 14.4. The first kappa shape index (κ1) is 13.8. The highest BCUT2D eigenvalue weighted by Gasteiger charge is 2.33. The highest BCUT2D eigenvalue weighted by Crippen LogP contribution is 2.37. The van der Waals surface area contributed by atoms with Gasteiger partial charge in [-0.2, -0.15) is 0 Å². The van der Waals surface area contributed by atoms with Gasteiger partial charge in [-0.25, -0.2) is 4.98 Å². The minimum absolute atomic E-state index is 0.417. The maximum absolute atomic E-state index is 4.90. The fourth-order valence-corrected chi connectivity index (χ4v) is 4.55. The molecule has 4 rings (SSSR count). The van der Waals surface area contributed by atoms with Gasteiger partial charge in [-0.05, 0) is 49.8 Å². The van der Waals surface area contributed by atoms with Crippen LogP contribution in [0.15, 0.2) is 22.7 Å². The highest BCUT2D eigenvalue weighted by molar-refractivity contribution is 9.10. The van der Waals surface area contributed by atoms with Crippen LogP contribution in [0.25, 0.3) is 11.0 Å². The molecule has 2 aromatic rings. The molecule has 0 radical (unpaired) electrons. The van der Waals surface area contributed by atoms with Crippen molar-refractivity contribution in [2.45, 2.75) is 50.6 Å². The number of rotatable bonds is 1. The molecule has 1 aliphatic heterocycles. The quantitative estimate of drug-likeness (QED) is 0.832. The number of benzene rings is 1. The van der Waals surface area contributed by atoms with E-state index in [1.807, 2.05) is 0 Å². The molecule has 1 saturated heterocycles. The number of hydrogen-bond acceptors (Lipinski definition) is 2. The molecule has 4 heteroatoms. The van der Waals surface area contributed by atoms with Gasteiger partial charge in [-0.15, -0.1) is 0 Å². The number of aryl methyl sites for hydroxylation is 1. The van der Waals surface area contributed by atoms with E-state index >= 15 is 0 Å². The molecule has 1 N–H and O–H groups in total. The number of halogens is 1. The summed E-state index contributed by atoms with van der Waals surface area (Å²) in [6.07, 6.45) is 8.15. The lowest BCUT2D eigenvalue weighted by atomic mass is 9.77. The predicted octanol–water partition coefficient (Wildman–Crippen LogP) is 4.32. The Morgan fingerprint density at radius 1 is 1.19 bits per heavy atom. The molecule has 1 saturated carbocycles. The SMILES string of the molecule is Cn1c(C2CCC3CCCCC3N2)nc2cc(Br)ccc21. The monoisotopic (exact) mass is 347 g/mol. The van der Waals surface area contributed by atoms with Crippen LogP contribution >= 0.6 is 15.9 Å². The number of aromatic nitrogens is 2. The van der Waals surface area contributed by atoms with Gasteiger partial charge in [0.25, 0.3) is 0 Å². The molecule has 1 aliphatic carbocycles. The molecule has 3 unspecified atom stereocenters. The first-order valence-corrected chi connectivity index (χ1v) is 8.89. The van der Waals surface area contributed by atoms with Gasteiger partial charge in [0.1, 0.15) is 5.82 Å². The van der Waals surface area contributed by atoms with Crippen molar-refractivity contribution in [2.75, 3.05) is 0 Å². The van der Waals surface area contributed by atoms with Crippen LogP contribution in [0.4, 0.5) is 0 Å². The third kappa shape index (κ3) is 2.42. The summed E-state index contributed by atoms with van der Waals surface area (Å²) in [6, 6.07) is 7.50. The van der Waals surface area contributed by atoms with E-state index in [1.54, 1.807) is 0 Å². The van der Waals surface area contributed by atoms with E-state index in [1.165, 1.54) is 49.9 Å². The summed E-state index contributed by atoms with van der Waals surface area (Å²) in [5.41, 5.74) is 2.32. The van der Waals surface area contributed by atoms with Crippen LogP contribution in [0, 0.1) is 5.92 Å². The molecule has 112 valence electrons. The standard InChI is InChI=1S/C17H22BrN3/c1-21-16-9-7-12(18)10-15(16)20-17(21)14-8-6-11-4-2-3-5-13(11)19-14/h7,9-11,13-14,19H,2-6,8H2,1H3. The maximum Gasteiger partial charge on any atom is 0.126 e. The summed E-state index contributed by atoms with van der Waals surface area (Å²) >= 11 is 3.54. The van der Waals surface area contributed by atoms with Gasteiger partial charge >= 0.3 is 0 Å². The average Bonchev–Trinajstić information content (AvgIpc) is 2.83. The molecule has 2 aliphatic rings. The van der Waals surface area contributed by atoms with Crippen molar-refractivity contribution < 1.29 is 0 Å². The Morgan fingerprint density at radius 2 is 2.05 bits per heavy atom. The van der Waals surface area contributed by atoms with Crippen molar-refractivity contribution in [1.82, 2.24) is 14.9 Å². The second-order valence-corrected chi connectivity index (χ2v) is 7.53. The lowest BCUT2D eigenvalue weighted by molar-refractivity contribution is 0.172. The second kappa shape index (κ2) is 5.40. The van der Waals surface area contributed by atoms with E-state index in [-0.39, 0.29) is 0 Å². The van der Waals surface area contributed by atoms with Crippen LogP contribution in [-0.2, 0) is 7.05 Å². The molecule has 3 nitrogen and oxygen atoms in total. The second-order valence-electron chi connectivity index (χ2n) is 6.61. The van der Waals surface area contributed by atoms with Crippen molar-refractivity contribution in [1.29, 1.82) is 0 Å². The van der Waals surface area contributed by atoms with Gasteiger partial charge in [0.2, 0.25) is 0 Å². The summed E-state index contributed by atoms with van der Waals surface area (Å²) in [7, 11) is 2.15. The number of piperidine rings is 1. The summed E-state index contributed by atoms with van der Waals surface area (Å²) in [5, 5.41) is 3.89. The third-order valence-corrected chi connectivity index (χ3v) is 5.83. The Kier molecular flexibility index (Phi) is 3.54. The maximum atomic E-state index is 4.90. The van der Waals surface area contributed by atoms with Gasteiger partial charge in [0.05, 0.1) is 17.1 Å². The van der Waals surface area contributed by atoms with Crippen LogP contribution in [0.3, 0.4) is 0 Å². The smallest absolute Gasteiger partial charge is 0.126 e. The Labute approximate surface area is 134 Å². The number of nitrogens with zero attached hydrogens (tertiary/aromatic N) is 2. The van der Waals surface area contributed by atoms with Gasteiger partial charge in [-0.1, -0.05) is 28.8 Å². The van der Waals surface area contributed by atoms with Crippen molar-refractivity contribution in [3.05, 3.63) is 28.5 Å². The van der Waals surface area contributed by atoms with Crippen molar-refractivity contribution in [3.8, 4) is 0 Å². The average molecular weight is 348 g/mol. The molecule has 21 heavy (non-hydrogen) atoms. The summed E-state index contributed by atoms with van der Waals surface area (Å²) in [5.74, 6) is 2.10. The molecule has 3 atom stereocenters. The molecule has 2 heterocycles. The van der Waals surface area contributed by atoms with Crippen molar-refractivity contribution in [2.24, 2.45) is 13.0 Å². The van der Waals surface area contributed by atoms with Gasteiger partial charge in [-0.3, -0.25) is 0 Å². The van der Waals surface area contributed by atoms with Crippen molar-refractivity contribution in [3.63, 3.8) is 0 Å². The van der Waals surface area contributed by atoms with Crippen LogP contribution in [-0.4, -0.2) is 15.6 Å². The topological polar surface area (TPSA) is 29.9 Å². The van der Waals surface area contributed by atoms with Crippen LogP contribution in [0.5, 0.6) is 0 Å². The Bertz CT molecular complexity index is 663. The first-order valence-electron chi connectivity index (χ1n) is 8.10. The number of nitrogens with one attached hydrogen (secondary N) is 1. The fraction of sp³-hybridized carbons (Fsp3) is 0.588. The molecule has 0 bridgehead atoms. The lowest BCUT2D eigenvalue weighted by Gasteiger charge is -2.40. The lowest BCUT2D eigenvalue weighted by Crippen LogP contribution is -2.45. The third-order valence-electron chi connectivity index (χ3n) is 5.34. The van der Waals surface area contributed by atoms with E-state index in [2.05, 4.69) is 51.1 Å². The van der Waals surface area contributed by atoms with E-state index in [0.29, 0.717) is 12.1 Å². The van der Waals surface area contributed by atoms with Crippen LogP contribution in [0.1, 0.15) is 50.4 Å². The van der Waals surface area contributed by atoms with Crippen molar-refractivity contribution >= 4 is 27.0 Å². The van der Waals surface area contributed by atoms with Gasteiger partial charge in [0, 0.05) is 17.6 Å².